The summed E-state index contributed by atoms with van der Waals surface area (Å²) in [5, 5.41) is 6.65. The van der Waals surface area contributed by atoms with Crippen LogP contribution in [0.3, 0.4) is 0 Å². The molecule has 2 heterocycles. The van der Waals surface area contributed by atoms with Gasteiger partial charge in [-0.2, -0.15) is 18.2 Å². The molecule has 0 aliphatic carbocycles. The summed E-state index contributed by atoms with van der Waals surface area (Å²) in [4.78, 5) is 20.4. The monoisotopic (exact) mass is 418 g/mol. The molecule has 1 N–H and O–H groups in total. The van der Waals surface area contributed by atoms with Crippen molar-refractivity contribution in [2.75, 3.05) is 6.54 Å². The number of hydrogen-bond donors (Lipinski definition) is 1. The largest absolute Gasteiger partial charge is 0.416 e. The van der Waals surface area contributed by atoms with Crippen LogP contribution in [0.5, 0.6) is 0 Å². The number of rotatable bonds is 7. The number of aryl methyl sites for hydroxylation is 1. The van der Waals surface area contributed by atoms with Crippen LogP contribution in [-0.2, 0) is 22.8 Å². The fourth-order valence-electron chi connectivity index (χ4n) is 2.82. The Morgan fingerprint density at radius 2 is 1.80 bits per heavy atom. The van der Waals surface area contributed by atoms with Crippen molar-refractivity contribution >= 4 is 5.91 Å². The molecule has 30 heavy (non-hydrogen) atoms. The zero-order valence-electron chi connectivity index (χ0n) is 16.5. The van der Waals surface area contributed by atoms with Gasteiger partial charge in [-0.3, -0.25) is 9.78 Å². The number of carbonyl (C=O) groups is 1. The van der Waals surface area contributed by atoms with Crippen LogP contribution in [0, 0.1) is 0 Å². The first-order valence-corrected chi connectivity index (χ1v) is 9.32. The van der Waals surface area contributed by atoms with Crippen LogP contribution in [0.15, 0.2) is 53.3 Å². The van der Waals surface area contributed by atoms with Gasteiger partial charge < -0.3 is 9.84 Å². The molecule has 0 fully saturated rings. The number of nitrogens with one attached hydrogen (secondary N) is 1. The number of alkyl halides is 3. The summed E-state index contributed by atoms with van der Waals surface area (Å²) in [5.41, 5.74) is -0.125. The van der Waals surface area contributed by atoms with Crippen LogP contribution >= 0.6 is 0 Å². The van der Waals surface area contributed by atoms with Gasteiger partial charge in [0.25, 0.3) is 0 Å². The van der Waals surface area contributed by atoms with Gasteiger partial charge in [0.15, 0.2) is 0 Å². The van der Waals surface area contributed by atoms with E-state index in [1.165, 1.54) is 6.07 Å². The number of hydrogen-bond acceptors (Lipinski definition) is 5. The fourth-order valence-corrected chi connectivity index (χ4v) is 2.82. The zero-order valence-corrected chi connectivity index (χ0v) is 16.5. The predicted molar refractivity (Wildman–Crippen MR) is 103 cm³/mol. The van der Waals surface area contributed by atoms with Gasteiger partial charge in [0, 0.05) is 42.8 Å². The number of nitrogens with zero attached hydrogens (tertiary/aromatic N) is 3. The third-order valence-electron chi connectivity index (χ3n) is 4.67. The molecule has 9 heteroatoms. The van der Waals surface area contributed by atoms with Gasteiger partial charge in [0.1, 0.15) is 0 Å². The van der Waals surface area contributed by atoms with Crippen LogP contribution < -0.4 is 5.32 Å². The van der Waals surface area contributed by atoms with E-state index < -0.39 is 17.2 Å². The number of pyridine rings is 1. The predicted octanol–water partition coefficient (Wildman–Crippen LogP) is 4.18. The summed E-state index contributed by atoms with van der Waals surface area (Å²) in [6.07, 6.45) is -0.797. The molecule has 1 aromatic carbocycles. The Morgan fingerprint density at radius 1 is 1.10 bits per heavy atom. The third-order valence-corrected chi connectivity index (χ3v) is 4.67. The number of carbonyl (C=O) groups excluding carboxylic acids is 1. The van der Waals surface area contributed by atoms with Crippen molar-refractivity contribution in [3.8, 4) is 11.4 Å². The third kappa shape index (κ3) is 5.43. The van der Waals surface area contributed by atoms with E-state index in [-0.39, 0.29) is 25.3 Å². The van der Waals surface area contributed by atoms with Crippen molar-refractivity contribution in [1.29, 1.82) is 0 Å². The first-order chi connectivity index (χ1) is 14.1. The van der Waals surface area contributed by atoms with Gasteiger partial charge >= 0.3 is 6.18 Å². The van der Waals surface area contributed by atoms with Gasteiger partial charge in [0.2, 0.25) is 17.6 Å². The topological polar surface area (TPSA) is 80.9 Å². The molecule has 6 nitrogen and oxygen atoms in total. The number of benzene rings is 1. The van der Waals surface area contributed by atoms with Crippen molar-refractivity contribution in [2.45, 2.75) is 38.3 Å². The summed E-state index contributed by atoms with van der Waals surface area (Å²) in [5.74, 6) is 0.492. The lowest BCUT2D eigenvalue weighted by atomic mass is 9.83. The number of amides is 1. The minimum atomic E-state index is -4.41. The standard InChI is InChI=1S/C21H21F3N4O2/c1-20(2,15-4-3-5-16(12-15)21(22,23)24)13-26-17(29)6-7-18-27-19(28-30-18)14-8-10-25-11-9-14/h3-5,8-12H,6-7,13H2,1-2H3,(H,26,29). The minimum absolute atomic E-state index is 0.122. The average molecular weight is 418 g/mol. The van der Waals surface area contributed by atoms with Crippen molar-refractivity contribution in [1.82, 2.24) is 20.4 Å². The lowest BCUT2D eigenvalue weighted by molar-refractivity contribution is -0.137. The maximum Gasteiger partial charge on any atom is 0.416 e. The first kappa shape index (κ1) is 21.5. The Labute approximate surface area is 171 Å². The molecule has 0 atom stereocenters. The van der Waals surface area contributed by atoms with E-state index in [0.29, 0.717) is 17.3 Å². The fraction of sp³-hybridized carbons (Fsp3) is 0.333. The molecule has 0 aliphatic rings. The van der Waals surface area contributed by atoms with E-state index in [9.17, 15) is 18.0 Å². The van der Waals surface area contributed by atoms with E-state index >= 15 is 0 Å². The molecule has 158 valence electrons. The second-order valence-electron chi connectivity index (χ2n) is 7.49. The number of halogens is 3. The number of aromatic nitrogens is 3. The second-order valence-corrected chi connectivity index (χ2v) is 7.49. The van der Waals surface area contributed by atoms with Crippen LogP contribution in [0.25, 0.3) is 11.4 Å². The lowest BCUT2D eigenvalue weighted by Crippen LogP contribution is -2.37. The lowest BCUT2D eigenvalue weighted by Gasteiger charge is -2.26. The highest BCUT2D eigenvalue weighted by atomic mass is 19.4. The van der Waals surface area contributed by atoms with Crippen LogP contribution in [0.4, 0.5) is 13.2 Å². The molecular weight excluding hydrogens is 397 g/mol. The average Bonchev–Trinajstić information content (AvgIpc) is 3.20. The molecule has 0 saturated heterocycles. The Balaban J connectivity index is 1.54. The summed E-state index contributed by atoms with van der Waals surface area (Å²) < 4.78 is 44.0. The second kappa shape index (κ2) is 8.64. The van der Waals surface area contributed by atoms with Gasteiger partial charge in [0.05, 0.1) is 5.56 Å². The molecule has 0 aliphatic heterocycles. The molecule has 0 saturated carbocycles. The maximum absolute atomic E-state index is 12.9. The summed E-state index contributed by atoms with van der Waals surface area (Å²) in [7, 11) is 0. The van der Waals surface area contributed by atoms with Crippen LogP contribution in [-0.4, -0.2) is 27.6 Å². The Bertz CT molecular complexity index is 1000. The Morgan fingerprint density at radius 3 is 2.50 bits per heavy atom. The molecule has 0 bridgehead atoms. The normalized spacial score (nSPS) is 12.0. The first-order valence-electron chi connectivity index (χ1n) is 9.32. The van der Waals surface area contributed by atoms with Gasteiger partial charge in [-0.15, -0.1) is 0 Å². The van der Waals surface area contributed by atoms with Crippen molar-refractivity contribution in [3.63, 3.8) is 0 Å². The highest BCUT2D eigenvalue weighted by Crippen LogP contribution is 2.32. The highest BCUT2D eigenvalue weighted by molar-refractivity contribution is 5.76. The van der Waals surface area contributed by atoms with Gasteiger partial charge in [-0.05, 0) is 23.8 Å². The maximum atomic E-state index is 12.9. The molecule has 0 unspecified atom stereocenters. The molecule has 2 aromatic heterocycles. The van der Waals surface area contributed by atoms with E-state index in [1.54, 1.807) is 44.4 Å². The van der Waals surface area contributed by atoms with Crippen LogP contribution in [0.2, 0.25) is 0 Å². The Kier molecular flexibility index (Phi) is 6.19. The smallest absolute Gasteiger partial charge is 0.355 e. The minimum Gasteiger partial charge on any atom is -0.355 e. The summed E-state index contributed by atoms with van der Waals surface area (Å²) in [6.45, 7) is 3.75. The molecule has 3 aromatic rings. The SMILES string of the molecule is CC(C)(CNC(=O)CCc1nc(-c2ccncc2)no1)c1cccc(C(F)(F)F)c1. The van der Waals surface area contributed by atoms with Crippen molar-refractivity contribution in [3.05, 3.63) is 65.8 Å². The van der Waals surface area contributed by atoms with E-state index in [4.69, 9.17) is 4.52 Å². The molecule has 0 spiro atoms. The highest BCUT2D eigenvalue weighted by Gasteiger charge is 2.32. The Hall–Kier alpha value is -3.23. The van der Waals surface area contributed by atoms with Crippen LogP contribution in [0.1, 0.15) is 37.3 Å². The molecule has 1 amide bonds. The van der Waals surface area contributed by atoms with E-state index in [0.717, 1.165) is 17.7 Å². The van der Waals surface area contributed by atoms with Gasteiger partial charge in [-0.1, -0.05) is 37.2 Å². The van der Waals surface area contributed by atoms with Gasteiger partial charge in [-0.25, -0.2) is 0 Å². The molecule has 0 radical (unpaired) electrons. The summed E-state index contributed by atoms with van der Waals surface area (Å²) >= 11 is 0. The zero-order chi connectivity index (χ0) is 21.8. The molecular formula is C21H21F3N4O2. The van der Waals surface area contributed by atoms with E-state index in [1.807, 2.05) is 0 Å². The summed E-state index contributed by atoms with van der Waals surface area (Å²) in [6, 6.07) is 8.64. The van der Waals surface area contributed by atoms with Crippen molar-refractivity contribution < 1.29 is 22.5 Å². The van der Waals surface area contributed by atoms with Crippen molar-refractivity contribution in [2.24, 2.45) is 0 Å². The van der Waals surface area contributed by atoms with E-state index in [2.05, 4.69) is 20.4 Å². The molecule has 3 rings (SSSR count). The quantitative estimate of drug-likeness (QED) is 0.623.